The number of nitrogens with zero attached hydrogens (tertiary/aromatic N) is 1. The van der Waals surface area contributed by atoms with Crippen LogP contribution in [0.4, 0.5) is 4.79 Å². The molecule has 3 amide bonds. The highest BCUT2D eigenvalue weighted by Crippen LogP contribution is 2.28. The Hall–Kier alpha value is -2.61. The van der Waals surface area contributed by atoms with Crippen LogP contribution in [0.15, 0.2) is 24.3 Å². The van der Waals surface area contributed by atoms with E-state index in [2.05, 4.69) is 17.6 Å². The van der Waals surface area contributed by atoms with Crippen molar-refractivity contribution in [3.8, 4) is 0 Å². The lowest BCUT2D eigenvalue weighted by Crippen LogP contribution is -2.55. The van der Waals surface area contributed by atoms with Crippen LogP contribution in [-0.4, -0.2) is 58.8 Å². The van der Waals surface area contributed by atoms with E-state index in [-0.39, 0.29) is 11.9 Å². The Bertz CT molecular complexity index is 908. The molecule has 0 saturated heterocycles. The lowest BCUT2D eigenvalue weighted by atomic mass is 9.93. The molecule has 1 aromatic carbocycles. The second kappa shape index (κ2) is 16.5. The van der Waals surface area contributed by atoms with E-state index in [1.807, 2.05) is 31.2 Å². The second-order valence-corrected chi connectivity index (χ2v) is 11.8. The minimum atomic E-state index is -1.23. The molecule has 0 aliphatic heterocycles. The van der Waals surface area contributed by atoms with E-state index >= 15 is 0 Å². The summed E-state index contributed by atoms with van der Waals surface area (Å²) in [6, 6.07) is 5.59. The van der Waals surface area contributed by atoms with Gasteiger partial charge in [-0.15, -0.1) is 0 Å². The van der Waals surface area contributed by atoms with E-state index < -0.39 is 36.3 Å². The van der Waals surface area contributed by atoms with E-state index in [9.17, 15) is 19.5 Å². The molecule has 0 bridgehead atoms. The molecule has 1 aromatic rings. The number of nitrogens with one attached hydrogen (secondary N) is 2. The number of hydrogen-bond acceptors (Lipinski definition) is 5. The maximum atomic E-state index is 14.0. The molecule has 1 saturated carbocycles. The molecule has 39 heavy (non-hydrogen) atoms. The highest BCUT2D eigenvalue weighted by Gasteiger charge is 2.37. The average molecular weight is 546 g/mol. The Labute approximate surface area is 235 Å². The van der Waals surface area contributed by atoms with Gasteiger partial charge in [0.2, 0.25) is 11.8 Å². The molecule has 2 rings (SSSR count). The largest absolute Gasteiger partial charge is 0.444 e. The maximum absolute atomic E-state index is 14.0. The third kappa shape index (κ3) is 11.2. The van der Waals surface area contributed by atoms with Crippen LogP contribution in [0.25, 0.3) is 0 Å². The number of unbranched alkanes of at least 4 members (excludes halogenated alkanes) is 5. The van der Waals surface area contributed by atoms with Crippen LogP contribution in [0, 0.1) is 6.92 Å². The number of rotatable bonds is 14. The fourth-order valence-corrected chi connectivity index (χ4v) is 5.14. The number of aryl methyl sites for hydroxylation is 1. The van der Waals surface area contributed by atoms with Crippen molar-refractivity contribution in [2.75, 3.05) is 13.2 Å². The SMILES string of the molecule is CCCCCCCCN(C(=O)C(CO)NC(=O)OC(C)(C)C)C(C(=O)NC1CCCCC1)c1ccccc1C. The lowest BCUT2D eigenvalue weighted by molar-refractivity contribution is -0.143. The maximum Gasteiger partial charge on any atom is 0.408 e. The predicted molar refractivity (Wildman–Crippen MR) is 154 cm³/mol. The Morgan fingerprint density at radius 2 is 1.67 bits per heavy atom. The van der Waals surface area contributed by atoms with Crippen LogP contribution in [0.3, 0.4) is 0 Å². The van der Waals surface area contributed by atoms with E-state index in [4.69, 9.17) is 4.74 Å². The number of alkyl carbamates (subject to hydrolysis) is 1. The summed E-state index contributed by atoms with van der Waals surface area (Å²) in [6.07, 6.45) is 10.6. The number of carbonyl (C=O) groups is 3. The summed E-state index contributed by atoms with van der Waals surface area (Å²) in [5.41, 5.74) is 0.899. The smallest absolute Gasteiger partial charge is 0.408 e. The van der Waals surface area contributed by atoms with Gasteiger partial charge in [0.1, 0.15) is 17.7 Å². The van der Waals surface area contributed by atoms with E-state index in [0.29, 0.717) is 6.54 Å². The van der Waals surface area contributed by atoms with Crippen LogP contribution < -0.4 is 10.6 Å². The first-order valence-electron chi connectivity index (χ1n) is 14.8. The van der Waals surface area contributed by atoms with Crippen LogP contribution in [0.5, 0.6) is 0 Å². The summed E-state index contributed by atoms with van der Waals surface area (Å²) in [4.78, 5) is 42.0. The van der Waals surface area contributed by atoms with Gasteiger partial charge in [0.15, 0.2) is 0 Å². The quantitative estimate of drug-likeness (QED) is 0.265. The van der Waals surface area contributed by atoms with Gasteiger partial charge in [-0.05, 0) is 58.1 Å². The van der Waals surface area contributed by atoms with Crippen LogP contribution in [0.1, 0.15) is 115 Å². The van der Waals surface area contributed by atoms with Gasteiger partial charge >= 0.3 is 6.09 Å². The monoisotopic (exact) mass is 545 g/mol. The molecule has 220 valence electrons. The minimum Gasteiger partial charge on any atom is -0.444 e. The number of carbonyl (C=O) groups excluding carboxylic acids is 3. The second-order valence-electron chi connectivity index (χ2n) is 11.8. The third-order valence-electron chi connectivity index (χ3n) is 7.20. The van der Waals surface area contributed by atoms with Crippen molar-refractivity contribution in [2.24, 2.45) is 0 Å². The van der Waals surface area contributed by atoms with E-state index in [0.717, 1.165) is 68.9 Å². The van der Waals surface area contributed by atoms with Crippen molar-refractivity contribution in [3.63, 3.8) is 0 Å². The summed E-state index contributed by atoms with van der Waals surface area (Å²) in [5, 5.41) is 15.9. The summed E-state index contributed by atoms with van der Waals surface area (Å²) in [6.45, 7) is 9.05. The first-order chi connectivity index (χ1) is 18.6. The molecule has 3 N–H and O–H groups in total. The van der Waals surface area contributed by atoms with E-state index in [1.54, 1.807) is 25.7 Å². The first kappa shape index (κ1) is 32.6. The number of benzene rings is 1. The van der Waals surface area contributed by atoms with Crippen molar-refractivity contribution in [1.29, 1.82) is 0 Å². The average Bonchev–Trinajstić information content (AvgIpc) is 2.88. The zero-order chi connectivity index (χ0) is 28.8. The normalized spacial score (nSPS) is 15.7. The number of ether oxygens (including phenoxy) is 1. The zero-order valence-corrected chi connectivity index (χ0v) is 24.8. The molecular formula is C31H51N3O5. The molecule has 2 unspecified atom stereocenters. The minimum absolute atomic E-state index is 0.0808. The molecule has 0 heterocycles. The number of aliphatic hydroxyl groups excluding tert-OH is 1. The highest BCUT2D eigenvalue weighted by atomic mass is 16.6. The van der Waals surface area contributed by atoms with Gasteiger partial charge in [-0.1, -0.05) is 82.6 Å². The van der Waals surface area contributed by atoms with Gasteiger partial charge in [-0.3, -0.25) is 9.59 Å². The standard InChI is InChI=1S/C31H51N3O5/c1-6-7-8-9-10-16-21-34(29(37)26(22-35)33-30(38)39-31(3,4)5)27(25-20-15-14-17-23(25)2)28(36)32-24-18-12-11-13-19-24/h14-15,17,20,24,26-27,35H,6-13,16,18-19,21-22H2,1-5H3,(H,32,36)(H,33,38). The molecule has 1 aliphatic rings. The highest BCUT2D eigenvalue weighted by molar-refractivity contribution is 5.92. The zero-order valence-electron chi connectivity index (χ0n) is 24.8. The van der Waals surface area contributed by atoms with E-state index in [1.165, 1.54) is 12.8 Å². The predicted octanol–water partition coefficient (Wildman–Crippen LogP) is 5.56. The van der Waals surface area contributed by atoms with Crippen molar-refractivity contribution >= 4 is 17.9 Å². The van der Waals surface area contributed by atoms with Gasteiger partial charge in [0, 0.05) is 12.6 Å². The van der Waals surface area contributed by atoms with Gasteiger partial charge in [0.05, 0.1) is 6.61 Å². The number of amides is 3. The van der Waals surface area contributed by atoms with Crippen molar-refractivity contribution in [2.45, 2.75) is 129 Å². The summed E-state index contributed by atoms with van der Waals surface area (Å²) in [5.74, 6) is -0.714. The third-order valence-corrected chi connectivity index (χ3v) is 7.20. The van der Waals surface area contributed by atoms with Crippen LogP contribution in [0.2, 0.25) is 0 Å². The summed E-state index contributed by atoms with van der Waals surface area (Å²) >= 11 is 0. The number of hydrogen-bond donors (Lipinski definition) is 3. The molecule has 8 heteroatoms. The van der Waals surface area contributed by atoms with Gasteiger partial charge in [0.25, 0.3) is 0 Å². The first-order valence-corrected chi connectivity index (χ1v) is 14.8. The Balaban J connectivity index is 2.37. The Kier molecular flexibility index (Phi) is 13.8. The molecule has 1 aliphatic carbocycles. The lowest BCUT2D eigenvalue weighted by Gasteiger charge is -2.36. The topological polar surface area (TPSA) is 108 Å². The molecular weight excluding hydrogens is 494 g/mol. The molecule has 1 fully saturated rings. The molecule has 2 atom stereocenters. The molecule has 0 radical (unpaired) electrons. The van der Waals surface area contributed by atoms with Crippen molar-refractivity contribution < 1.29 is 24.2 Å². The molecule has 0 aromatic heterocycles. The van der Waals surface area contributed by atoms with Crippen molar-refractivity contribution in [3.05, 3.63) is 35.4 Å². The fraction of sp³-hybridized carbons (Fsp3) is 0.710. The number of aliphatic hydroxyl groups is 1. The Morgan fingerprint density at radius 1 is 1.03 bits per heavy atom. The van der Waals surface area contributed by atoms with Crippen molar-refractivity contribution in [1.82, 2.24) is 15.5 Å². The Morgan fingerprint density at radius 3 is 2.28 bits per heavy atom. The van der Waals surface area contributed by atoms with Crippen LogP contribution >= 0.6 is 0 Å². The molecule has 8 nitrogen and oxygen atoms in total. The van der Waals surface area contributed by atoms with Gasteiger partial charge in [-0.2, -0.15) is 0 Å². The fourth-order valence-electron chi connectivity index (χ4n) is 5.14. The van der Waals surface area contributed by atoms with Crippen LogP contribution in [-0.2, 0) is 14.3 Å². The van der Waals surface area contributed by atoms with Gasteiger partial charge < -0.3 is 25.4 Å². The summed E-state index contributed by atoms with van der Waals surface area (Å²) < 4.78 is 5.34. The van der Waals surface area contributed by atoms with Gasteiger partial charge in [-0.25, -0.2) is 4.79 Å². The summed E-state index contributed by atoms with van der Waals surface area (Å²) in [7, 11) is 0. The molecule has 0 spiro atoms.